The van der Waals surface area contributed by atoms with Gasteiger partial charge in [0.2, 0.25) is 0 Å². The van der Waals surface area contributed by atoms with E-state index in [4.69, 9.17) is 33.3 Å². The first-order chi connectivity index (χ1) is 9.94. The van der Waals surface area contributed by atoms with E-state index in [1.807, 2.05) is 29.3 Å². The number of hydrazine groups is 1. The lowest BCUT2D eigenvalue weighted by molar-refractivity contribution is -0.182. The van der Waals surface area contributed by atoms with Crippen LogP contribution in [0.4, 0.5) is 5.69 Å². The summed E-state index contributed by atoms with van der Waals surface area (Å²) in [4.78, 5) is 0. The van der Waals surface area contributed by atoms with Crippen LogP contribution in [0.15, 0.2) is 24.3 Å². The Morgan fingerprint density at radius 2 is 1.81 bits per heavy atom. The number of thiocarbonyl (C=S) groups is 1. The van der Waals surface area contributed by atoms with E-state index in [2.05, 4.69) is 24.6 Å². The van der Waals surface area contributed by atoms with Gasteiger partial charge < -0.3 is 14.8 Å². The van der Waals surface area contributed by atoms with Crippen molar-refractivity contribution in [3.63, 3.8) is 0 Å². The molecule has 3 rings (SSSR count). The minimum Gasteiger partial charge on any atom is -0.355 e. The minimum absolute atomic E-state index is 0.240. The third kappa shape index (κ3) is 2.62. The molecule has 21 heavy (non-hydrogen) atoms. The van der Waals surface area contributed by atoms with E-state index < -0.39 is 5.66 Å². The predicted molar refractivity (Wildman–Crippen MR) is 86.1 cm³/mol. The SMILES string of the molecule is CC1([C@@]2(C)NC(=S)N(c3ccc(Cl)cc3)N2)COCOC1. The number of halogens is 1. The summed E-state index contributed by atoms with van der Waals surface area (Å²) in [7, 11) is 0. The Balaban J connectivity index is 1.84. The zero-order valence-corrected chi connectivity index (χ0v) is 13.6. The maximum Gasteiger partial charge on any atom is 0.189 e. The van der Waals surface area contributed by atoms with Gasteiger partial charge in [-0.2, -0.15) is 0 Å². The van der Waals surface area contributed by atoms with Gasteiger partial charge in [0, 0.05) is 5.02 Å². The molecule has 1 aromatic rings. The highest BCUT2D eigenvalue weighted by molar-refractivity contribution is 7.80. The molecule has 0 saturated carbocycles. The van der Waals surface area contributed by atoms with Gasteiger partial charge in [0.05, 0.1) is 24.3 Å². The van der Waals surface area contributed by atoms with Crippen LogP contribution in [0.5, 0.6) is 0 Å². The lowest BCUT2D eigenvalue weighted by Crippen LogP contribution is -2.64. The molecule has 1 atom stereocenters. The maximum absolute atomic E-state index is 5.93. The third-order valence-electron chi connectivity index (χ3n) is 4.20. The van der Waals surface area contributed by atoms with Crippen molar-refractivity contribution in [1.29, 1.82) is 0 Å². The molecule has 114 valence electrons. The van der Waals surface area contributed by atoms with Crippen LogP contribution < -0.4 is 15.8 Å². The van der Waals surface area contributed by atoms with Crippen molar-refractivity contribution < 1.29 is 9.47 Å². The second kappa shape index (κ2) is 5.37. The fraction of sp³-hybridized carbons (Fsp3) is 0.500. The number of benzene rings is 1. The highest BCUT2D eigenvalue weighted by Gasteiger charge is 2.52. The molecular weight excluding hydrogens is 310 g/mol. The summed E-state index contributed by atoms with van der Waals surface area (Å²) in [5, 5.41) is 6.52. The van der Waals surface area contributed by atoms with Crippen LogP contribution in [-0.2, 0) is 9.47 Å². The van der Waals surface area contributed by atoms with Gasteiger partial charge in [-0.3, -0.25) is 5.01 Å². The third-order valence-corrected chi connectivity index (χ3v) is 4.73. The number of anilines is 1. The predicted octanol–water partition coefficient (Wildman–Crippen LogP) is 2.27. The number of ether oxygens (including phenoxy) is 2. The summed E-state index contributed by atoms with van der Waals surface area (Å²) < 4.78 is 10.9. The molecular formula is C14H18ClN3O2S. The Morgan fingerprint density at radius 3 is 2.43 bits per heavy atom. The molecule has 7 heteroatoms. The van der Waals surface area contributed by atoms with Crippen LogP contribution in [-0.4, -0.2) is 30.8 Å². The lowest BCUT2D eigenvalue weighted by Gasteiger charge is -2.45. The first-order valence-electron chi connectivity index (χ1n) is 6.75. The summed E-state index contributed by atoms with van der Waals surface area (Å²) in [6.07, 6.45) is 0. The topological polar surface area (TPSA) is 45.8 Å². The molecule has 2 saturated heterocycles. The number of hydrogen-bond donors (Lipinski definition) is 2. The average molecular weight is 328 g/mol. The summed E-state index contributed by atoms with van der Waals surface area (Å²) in [5.74, 6) is 0. The Labute approximate surface area is 134 Å². The maximum atomic E-state index is 5.93. The molecule has 0 aromatic heterocycles. The van der Waals surface area contributed by atoms with Crippen molar-refractivity contribution in [2.75, 3.05) is 25.0 Å². The van der Waals surface area contributed by atoms with Crippen molar-refractivity contribution in [2.45, 2.75) is 19.5 Å². The second-order valence-corrected chi connectivity index (χ2v) is 6.68. The summed E-state index contributed by atoms with van der Waals surface area (Å²) in [6.45, 7) is 5.71. The Kier molecular flexibility index (Phi) is 3.83. The van der Waals surface area contributed by atoms with Gasteiger partial charge in [-0.1, -0.05) is 18.5 Å². The monoisotopic (exact) mass is 327 g/mol. The molecule has 0 radical (unpaired) electrons. The summed E-state index contributed by atoms with van der Waals surface area (Å²) >= 11 is 11.4. The first kappa shape index (κ1) is 15.0. The van der Waals surface area contributed by atoms with Gasteiger partial charge in [0.25, 0.3) is 0 Å². The quantitative estimate of drug-likeness (QED) is 0.813. The summed E-state index contributed by atoms with van der Waals surface area (Å²) in [5.41, 5.74) is 3.68. The molecule has 0 spiro atoms. The number of hydrogen-bond acceptors (Lipinski definition) is 4. The van der Waals surface area contributed by atoms with E-state index in [1.165, 1.54) is 0 Å². The fourth-order valence-electron chi connectivity index (χ4n) is 2.55. The van der Waals surface area contributed by atoms with Gasteiger partial charge in [-0.25, -0.2) is 5.43 Å². The molecule has 1 aromatic carbocycles. The highest BCUT2D eigenvalue weighted by atomic mass is 35.5. The molecule has 2 aliphatic rings. The zero-order valence-electron chi connectivity index (χ0n) is 12.0. The van der Waals surface area contributed by atoms with Crippen LogP contribution >= 0.6 is 23.8 Å². The van der Waals surface area contributed by atoms with Crippen molar-refractivity contribution in [2.24, 2.45) is 5.41 Å². The minimum atomic E-state index is -0.454. The van der Waals surface area contributed by atoms with E-state index in [0.717, 1.165) is 5.69 Å². The molecule has 0 unspecified atom stereocenters. The van der Waals surface area contributed by atoms with Crippen LogP contribution in [0.25, 0.3) is 0 Å². The molecule has 2 fully saturated rings. The Morgan fingerprint density at radius 1 is 1.19 bits per heavy atom. The van der Waals surface area contributed by atoms with Crippen LogP contribution in [0, 0.1) is 5.41 Å². The molecule has 5 nitrogen and oxygen atoms in total. The number of nitrogens with zero attached hydrogens (tertiary/aromatic N) is 1. The van der Waals surface area contributed by atoms with Crippen molar-refractivity contribution in [3.8, 4) is 0 Å². The van der Waals surface area contributed by atoms with Gasteiger partial charge in [0.1, 0.15) is 12.5 Å². The van der Waals surface area contributed by atoms with E-state index in [-0.39, 0.29) is 5.41 Å². The van der Waals surface area contributed by atoms with Crippen LogP contribution in [0.3, 0.4) is 0 Å². The van der Waals surface area contributed by atoms with E-state index in [0.29, 0.717) is 30.1 Å². The van der Waals surface area contributed by atoms with Gasteiger partial charge in [0.15, 0.2) is 5.11 Å². The molecule has 0 amide bonds. The average Bonchev–Trinajstić information content (AvgIpc) is 2.78. The summed E-state index contributed by atoms with van der Waals surface area (Å²) in [6, 6.07) is 7.52. The molecule has 2 N–H and O–H groups in total. The normalized spacial score (nSPS) is 28.5. The standard InChI is InChI=1S/C14H18ClN3O2S/c1-13(7-19-9-20-8-13)14(2)16-12(21)18(17-14)11-5-3-10(15)4-6-11/h3-6,17H,7-9H2,1-2H3,(H,16,21)/t14-/m0/s1. The Bertz CT molecular complexity index is 548. The van der Waals surface area contributed by atoms with Crippen molar-refractivity contribution in [3.05, 3.63) is 29.3 Å². The van der Waals surface area contributed by atoms with Crippen molar-refractivity contribution in [1.82, 2.24) is 10.7 Å². The largest absolute Gasteiger partial charge is 0.355 e. The van der Waals surface area contributed by atoms with Gasteiger partial charge in [-0.15, -0.1) is 0 Å². The smallest absolute Gasteiger partial charge is 0.189 e. The van der Waals surface area contributed by atoms with Gasteiger partial charge in [-0.05, 0) is 43.4 Å². The van der Waals surface area contributed by atoms with E-state index >= 15 is 0 Å². The van der Waals surface area contributed by atoms with E-state index in [1.54, 1.807) is 0 Å². The van der Waals surface area contributed by atoms with Gasteiger partial charge >= 0.3 is 0 Å². The second-order valence-electron chi connectivity index (χ2n) is 5.85. The Hall–Kier alpha value is -0.920. The van der Waals surface area contributed by atoms with Crippen LogP contribution in [0.2, 0.25) is 5.02 Å². The van der Waals surface area contributed by atoms with Crippen molar-refractivity contribution >= 4 is 34.6 Å². The number of rotatable bonds is 2. The first-order valence-corrected chi connectivity index (χ1v) is 7.53. The van der Waals surface area contributed by atoms with E-state index in [9.17, 15) is 0 Å². The fourth-order valence-corrected chi connectivity index (χ4v) is 3.03. The molecule has 2 heterocycles. The molecule has 0 bridgehead atoms. The lowest BCUT2D eigenvalue weighted by atomic mass is 9.79. The zero-order chi connectivity index (χ0) is 15.1. The number of nitrogens with one attached hydrogen (secondary N) is 2. The molecule has 2 aliphatic heterocycles. The highest BCUT2D eigenvalue weighted by Crippen LogP contribution is 2.36. The molecule has 0 aliphatic carbocycles. The van der Waals surface area contributed by atoms with Crippen LogP contribution in [0.1, 0.15) is 13.8 Å².